The van der Waals surface area contributed by atoms with Gasteiger partial charge in [-0.15, -0.1) is 0 Å². The highest BCUT2D eigenvalue weighted by molar-refractivity contribution is 5.88. The third-order valence-electron chi connectivity index (χ3n) is 4.43. The van der Waals surface area contributed by atoms with E-state index in [0.717, 1.165) is 31.4 Å². The molecule has 112 valence electrons. The zero-order valence-corrected chi connectivity index (χ0v) is 11.9. The monoisotopic (exact) mass is 288 g/mol. The third-order valence-corrected chi connectivity index (χ3v) is 4.43. The predicted molar refractivity (Wildman–Crippen MR) is 77.9 cm³/mol. The summed E-state index contributed by atoms with van der Waals surface area (Å²) in [5.41, 5.74) is 2.17. The number of carboxylic acids is 1. The minimum Gasteiger partial charge on any atom is -0.480 e. The Balaban J connectivity index is 1.86. The van der Waals surface area contributed by atoms with Gasteiger partial charge in [0.25, 0.3) is 0 Å². The largest absolute Gasteiger partial charge is 0.480 e. The second-order valence-corrected chi connectivity index (χ2v) is 5.72. The molecule has 0 bridgehead atoms. The van der Waals surface area contributed by atoms with Crippen LogP contribution in [0.1, 0.15) is 36.4 Å². The van der Waals surface area contributed by atoms with Crippen LogP contribution in [-0.4, -0.2) is 41.0 Å². The third kappa shape index (κ3) is 2.65. The first kappa shape index (κ1) is 14.1. The molecular weight excluding hydrogens is 268 g/mol. The number of carboxylic acid groups (broad SMARTS) is 1. The van der Waals surface area contributed by atoms with E-state index in [1.807, 2.05) is 24.3 Å². The van der Waals surface area contributed by atoms with Gasteiger partial charge >= 0.3 is 5.97 Å². The van der Waals surface area contributed by atoms with Gasteiger partial charge in [-0.2, -0.15) is 0 Å². The van der Waals surface area contributed by atoms with E-state index < -0.39 is 18.1 Å². The second kappa shape index (κ2) is 5.85. The van der Waals surface area contributed by atoms with Crippen molar-refractivity contribution >= 4 is 11.9 Å². The zero-order valence-electron chi connectivity index (χ0n) is 11.9. The highest BCUT2D eigenvalue weighted by atomic mass is 16.4. The summed E-state index contributed by atoms with van der Waals surface area (Å²) in [5.74, 6) is -0.999. The maximum Gasteiger partial charge on any atom is 0.326 e. The van der Waals surface area contributed by atoms with Crippen molar-refractivity contribution in [3.05, 3.63) is 35.4 Å². The van der Waals surface area contributed by atoms with E-state index in [4.69, 9.17) is 0 Å². The molecule has 2 heterocycles. The molecule has 2 aliphatic rings. The molecule has 3 rings (SSSR count). The Morgan fingerprint density at radius 2 is 2.05 bits per heavy atom. The van der Waals surface area contributed by atoms with Crippen LogP contribution >= 0.6 is 0 Å². The van der Waals surface area contributed by atoms with Crippen molar-refractivity contribution in [3.63, 3.8) is 0 Å². The fraction of sp³-hybridized carbons (Fsp3) is 0.500. The lowest BCUT2D eigenvalue weighted by Crippen LogP contribution is -2.52. The molecule has 1 aromatic rings. The molecule has 0 aliphatic carbocycles. The molecule has 2 aliphatic heterocycles. The molecule has 0 saturated carbocycles. The number of hydrogen-bond donors (Lipinski definition) is 2. The van der Waals surface area contributed by atoms with Crippen LogP contribution in [0.25, 0.3) is 0 Å². The molecule has 1 amide bonds. The topological polar surface area (TPSA) is 69.6 Å². The van der Waals surface area contributed by atoms with E-state index in [1.54, 1.807) is 4.90 Å². The summed E-state index contributed by atoms with van der Waals surface area (Å²) in [7, 11) is 0. The first-order valence-electron chi connectivity index (χ1n) is 7.53. The Kier molecular flexibility index (Phi) is 3.92. The number of amides is 1. The molecule has 21 heavy (non-hydrogen) atoms. The summed E-state index contributed by atoms with van der Waals surface area (Å²) >= 11 is 0. The maximum atomic E-state index is 12.8. The number of aliphatic carboxylic acids is 1. The Morgan fingerprint density at radius 1 is 1.24 bits per heavy atom. The van der Waals surface area contributed by atoms with Crippen LogP contribution < -0.4 is 5.32 Å². The summed E-state index contributed by atoms with van der Waals surface area (Å²) in [4.78, 5) is 25.8. The van der Waals surface area contributed by atoms with Crippen molar-refractivity contribution in [3.8, 4) is 0 Å². The van der Waals surface area contributed by atoms with Crippen molar-refractivity contribution in [1.29, 1.82) is 0 Å². The van der Waals surface area contributed by atoms with E-state index >= 15 is 0 Å². The quantitative estimate of drug-likeness (QED) is 0.861. The fourth-order valence-corrected chi connectivity index (χ4v) is 3.34. The van der Waals surface area contributed by atoms with E-state index in [0.29, 0.717) is 13.0 Å². The van der Waals surface area contributed by atoms with Crippen LogP contribution in [0.4, 0.5) is 0 Å². The lowest BCUT2D eigenvalue weighted by molar-refractivity contribution is -0.153. The van der Waals surface area contributed by atoms with Gasteiger partial charge in [-0.1, -0.05) is 24.3 Å². The standard InChI is InChI=1S/C16H20N2O3/c19-15(18-10-4-3-7-13(18)16(20)21)14-12-6-2-1-5-11(12)8-9-17-14/h1-2,5-6,13-14,17H,3-4,7-10H2,(H,20,21). The average Bonchev–Trinajstić information content (AvgIpc) is 2.53. The molecule has 1 fully saturated rings. The van der Waals surface area contributed by atoms with Crippen LogP contribution in [-0.2, 0) is 16.0 Å². The normalized spacial score (nSPS) is 25.2. The first-order valence-corrected chi connectivity index (χ1v) is 7.53. The highest BCUT2D eigenvalue weighted by Gasteiger charge is 2.37. The van der Waals surface area contributed by atoms with Crippen molar-refractivity contribution in [2.24, 2.45) is 0 Å². The Labute approximate surface area is 123 Å². The van der Waals surface area contributed by atoms with Crippen LogP contribution in [0, 0.1) is 0 Å². The summed E-state index contributed by atoms with van der Waals surface area (Å²) in [6, 6.07) is 6.83. The van der Waals surface area contributed by atoms with Gasteiger partial charge in [0.05, 0.1) is 0 Å². The maximum absolute atomic E-state index is 12.8. The van der Waals surface area contributed by atoms with Crippen LogP contribution in [0.2, 0.25) is 0 Å². The number of likely N-dealkylation sites (tertiary alicyclic amines) is 1. The number of hydrogen-bond acceptors (Lipinski definition) is 3. The van der Waals surface area contributed by atoms with Crippen molar-refractivity contribution in [2.45, 2.75) is 37.8 Å². The minimum absolute atomic E-state index is 0.103. The van der Waals surface area contributed by atoms with E-state index in [-0.39, 0.29) is 5.91 Å². The number of nitrogens with one attached hydrogen (secondary N) is 1. The number of carbonyl (C=O) groups excluding carboxylic acids is 1. The molecule has 2 atom stereocenters. The van der Waals surface area contributed by atoms with Gasteiger partial charge in [-0.3, -0.25) is 4.79 Å². The molecule has 1 aromatic carbocycles. The van der Waals surface area contributed by atoms with Crippen LogP contribution in [0.15, 0.2) is 24.3 Å². The van der Waals surface area contributed by atoms with Gasteiger partial charge in [0.2, 0.25) is 5.91 Å². The highest BCUT2D eigenvalue weighted by Crippen LogP contribution is 2.27. The van der Waals surface area contributed by atoms with Crippen molar-refractivity contribution in [1.82, 2.24) is 10.2 Å². The van der Waals surface area contributed by atoms with Gasteiger partial charge in [0.15, 0.2) is 0 Å². The summed E-state index contributed by atoms with van der Waals surface area (Å²) in [6.45, 7) is 1.29. The molecule has 2 N–H and O–H groups in total. The van der Waals surface area contributed by atoms with Crippen LogP contribution in [0.5, 0.6) is 0 Å². The van der Waals surface area contributed by atoms with E-state index in [9.17, 15) is 14.7 Å². The number of benzene rings is 1. The van der Waals surface area contributed by atoms with Gasteiger partial charge < -0.3 is 15.3 Å². The van der Waals surface area contributed by atoms with Gasteiger partial charge in [-0.05, 0) is 36.8 Å². The number of rotatable bonds is 2. The molecule has 1 saturated heterocycles. The van der Waals surface area contributed by atoms with E-state index in [1.165, 1.54) is 5.56 Å². The number of piperidine rings is 1. The number of carbonyl (C=O) groups is 2. The Hall–Kier alpha value is -1.88. The lowest BCUT2D eigenvalue weighted by Gasteiger charge is -2.37. The zero-order chi connectivity index (χ0) is 14.8. The SMILES string of the molecule is O=C(O)C1CCCCN1C(=O)C1NCCc2ccccc21. The molecule has 5 heteroatoms. The van der Waals surface area contributed by atoms with Gasteiger partial charge in [-0.25, -0.2) is 4.79 Å². The molecule has 0 radical (unpaired) electrons. The summed E-state index contributed by atoms with van der Waals surface area (Å²) < 4.78 is 0. The summed E-state index contributed by atoms with van der Waals surface area (Å²) in [6.07, 6.45) is 3.21. The Morgan fingerprint density at radius 3 is 2.86 bits per heavy atom. The molecule has 5 nitrogen and oxygen atoms in total. The molecule has 0 spiro atoms. The Bertz CT molecular complexity index is 558. The minimum atomic E-state index is -0.896. The second-order valence-electron chi connectivity index (χ2n) is 5.72. The van der Waals surface area contributed by atoms with Crippen molar-refractivity contribution in [2.75, 3.05) is 13.1 Å². The predicted octanol–water partition coefficient (Wildman–Crippen LogP) is 1.34. The molecule has 2 unspecified atom stereocenters. The first-order chi connectivity index (χ1) is 10.2. The number of nitrogens with zero attached hydrogens (tertiary/aromatic N) is 1. The molecule has 0 aromatic heterocycles. The molecular formula is C16H20N2O3. The van der Waals surface area contributed by atoms with E-state index in [2.05, 4.69) is 5.32 Å². The van der Waals surface area contributed by atoms with Gasteiger partial charge in [0.1, 0.15) is 12.1 Å². The number of fused-ring (bicyclic) bond motifs is 1. The fourth-order valence-electron chi connectivity index (χ4n) is 3.34. The summed E-state index contributed by atoms with van der Waals surface area (Å²) in [5, 5.41) is 12.6. The average molecular weight is 288 g/mol. The van der Waals surface area contributed by atoms with Crippen LogP contribution in [0.3, 0.4) is 0 Å². The lowest BCUT2D eigenvalue weighted by atomic mass is 9.92. The van der Waals surface area contributed by atoms with Crippen molar-refractivity contribution < 1.29 is 14.7 Å². The van der Waals surface area contributed by atoms with Gasteiger partial charge in [0, 0.05) is 13.1 Å². The smallest absolute Gasteiger partial charge is 0.326 e.